The number of amides is 1. The van der Waals surface area contributed by atoms with Crippen LogP contribution >= 0.6 is 22.6 Å². The minimum atomic E-state index is -3.88. The maximum Gasteiger partial charge on any atom is 0.287 e. The van der Waals surface area contributed by atoms with Crippen molar-refractivity contribution in [3.63, 3.8) is 0 Å². The van der Waals surface area contributed by atoms with Crippen LogP contribution in [0, 0.1) is 3.57 Å². The molecule has 2 aromatic carbocycles. The van der Waals surface area contributed by atoms with Crippen molar-refractivity contribution >= 4 is 50.0 Å². The molecule has 1 amide bonds. The fourth-order valence-corrected chi connectivity index (χ4v) is 4.12. The van der Waals surface area contributed by atoms with Crippen LogP contribution in [0.4, 0.5) is 5.69 Å². The van der Waals surface area contributed by atoms with Gasteiger partial charge in [0, 0.05) is 10.1 Å². The average Bonchev–Trinajstić information content (AvgIpc) is 2.56. The smallest absolute Gasteiger partial charge is 0.287 e. The van der Waals surface area contributed by atoms with Gasteiger partial charge < -0.3 is 10.6 Å². The van der Waals surface area contributed by atoms with E-state index in [-0.39, 0.29) is 10.7 Å². The van der Waals surface area contributed by atoms with Crippen LogP contribution in [0.5, 0.6) is 0 Å². The zero-order chi connectivity index (χ0) is 17.2. The van der Waals surface area contributed by atoms with Gasteiger partial charge in [-0.1, -0.05) is 30.3 Å². The molecule has 0 aliphatic carbocycles. The Labute approximate surface area is 153 Å². The summed E-state index contributed by atoms with van der Waals surface area (Å²) in [5, 5.41) is 5.47. The lowest BCUT2D eigenvalue weighted by molar-refractivity contribution is -0.114. The van der Waals surface area contributed by atoms with Crippen LogP contribution in [0.1, 0.15) is 5.56 Å². The number of fused-ring (bicyclic) bond motifs is 1. The summed E-state index contributed by atoms with van der Waals surface area (Å²) in [5.74, 6) is -0.754. The Balaban J connectivity index is 1.70. The number of nitrogens with one attached hydrogen (secondary N) is 2. The molecule has 0 fully saturated rings. The molecule has 1 aliphatic heterocycles. The van der Waals surface area contributed by atoms with E-state index in [0.29, 0.717) is 18.7 Å². The van der Waals surface area contributed by atoms with Crippen molar-refractivity contribution in [2.45, 2.75) is 11.3 Å². The largest absolute Gasteiger partial charge is 0.349 e. The average molecular weight is 455 g/mol. The molecule has 24 heavy (non-hydrogen) atoms. The summed E-state index contributed by atoms with van der Waals surface area (Å²) in [5.41, 5.74) is 1.45. The number of carbonyl (C=O) groups is 1. The molecule has 0 bridgehead atoms. The van der Waals surface area contributed by atoms with Crippen LogP contribution in [-0.2, 0) is 21.2 Å². The molecule has 0 saturated carbocycles. The fourth-order valence-electron chi connectivity index (χ4n) is 2.28. The summed E-state index contributed by atoms with van der Waals surface area (Å²) in [4.78, 5) is 12.3. The molecule has 0 saturated heterocycles. The second-order valence-electron chi connectivity index (χ2n) is 5.17. The summed E-state index contributed by atoms with van der Waals surface area (Å²) in [6.07, 6.45) is 0.654. The molecule has 0 atom stereocenters. The van der Waals surface area contributed by atoms with Crippen LogP contribution in [0.15, 0.2) is 57.8 Å². The molecular weight excluding hydrogens is 441 g/mol. The number of rotatable bonds is 4. The van der Waals surface area contributed by atoms with Crippen LogP contribution in [-0.4, -0.2) is 26.7 Å². The zero-order valence-electron chi connectivity index (χ0n) is 12.5. The summed E-state index contributed by atoms with van der Waals surface area (Å²) < 4.78 is 28.8. The van der Waals surface area contributed by atoms with E-state index in [1.54, 1.807) is 12.1 Å². The van der Waals surface area contributed by atoms with Gasteiger partial charge in [0.15, 0.2) is 0 Å². The van der Waals surface area contributed by atoms with Crippen molar-refractivity contribution in [1.29, 1.82) is 0 Å². The predicted molar refractivity (Wildman–Crippen MR) is 101 cm³/mol. The van der Waals surface area contributed by atoms with E-state index in [1.165, 1.54) is 6.07 Å². The Hall–Kier alpha value is -1.94. The third kappa shape index (κ3) is 3.75. The Morgan fingerprint density at radius 3 is 2.67 bits per heavy atom. The van der Waals surface area contributed by atoms with Crippen LogP contribution in [0.3, 0.4) is 0 Å². The predicted octanol–water partition coefficient (Wildman–Crippen LogP) is 2.16. The van der Waals surface area contributed by atoms with Gasteiger partial charge in [0.05, 0.1) is 5.69 Å². The van der Waals surface area contributed by atoms with Crippen molar-refractivity contribution in [3.8, 4) is 0 Å². The number of benzene rings is 2. The van der Waals surface area contributed by atoms with Crippen molar-refractivity contribution in [1.82, 2.24) is 5.32 Å². The molecule has 0 aromatic heterocycles. The number of halogens is 1. The number of hydrogen-bond acceptors (Lipinski definition) is 4. The van der Waals surface area contributed by atoms with Crippen LogP contribution < -0.4 is 10.6 Å². The van der Waals surface area contributed by atoms with Crippen LogP contribution in [0.2, 0.25) is 0 Å². The lowest BCUT2D eigenvalue weighted by Gasteiger charge is -2.17. The van der Waals surface area contributed by atoms with E-state index < -0.39 is 15.9 Å². The normalized spacial score (nSPS) is 15.0. The lowest BCUT2D eigenvalue weighted by Crippen LogP contribution is -2.39. The first kappa shape index (κ1) is 16.9. The first-order valence-corrected chi connectivity index (χ1v) is 9.71. The molecule has 6 nitrogen and oxygen atoms in total. The highest BCUT2D eigenvalue weighted by molar-refractivity contribution is 14.1. The second kappa shape index (κ2) is 6.89. The van der Waals surface area contributed by atoms with E-state index in [9.17, 15) is 13.2 Å². The maximum atomic E-state index is 12.2. The molecule has 2 aromatic rings. The summed E-state index contributed by atoms with van der Waals surface area (Å²) >= 11 is 2.03. The van der Waals surface area contributed by atoms with E-state index in [4.69, 9.17) is 0 Å². The summed E-state index contributed by atoms with van der Waals surface area (Å²) in [6, 6.07) is 14.6. The number of sulfonamides is 1. The van der Waals surface area contributed by atoms with E-state index in [0.717, 1.165) is 9.13 Å². The van der Waals surface area contributed by atoms with Gasteiger partial charge in [-0.3, -0.25) is 4.79 Å². The molecule has 0 radical (unpaired) electrons. The van der Waals surface area contributed by atoms with Crippen molar-refractivity contribution in [3.05, 3.63) is 57.7 Å². The minimum Gasteiger partial charge on any atom is -0.349 e. The van der Waals surface area contributed by atoms with Gasteiger partial charge in [0.25, 0.3) is 15.9 Å². The van der Waals surface area contributed by atoms with Crippen LogP contribution in [0.25, 0.3) is 0 Å². The van der Waals surface area contributed by atoms with Gasteiger partial charge in [0.1, 0.15) is 4.90 Å². The van der Waals surface area contributed by atoms with Gasteiger partial charge >= 0.3 is 0 Å². The molecule has 8 heteroatoms. The Kier molecular flexibility index (Phi) is 4.86. The van der Waals surface area contributed by atoms with Gasteiger partial charge in [-0.05, 0) is 52.8 Å². The summed E-state index contributed by atoms with van der Waals surface area (Å²) in [6.45, 7) is 0.392. The molecule has 124 valence electrons. The SMILES string of the molecule is O=C(NCCc1ccccc1)C1=NS(=O)(=O)c2cc(I)ccc2N1. The second-order valence-corrected chi connectivity index (χ2v) is 7.99. The van der Waals surface area contributed by atoms with E-state index in [1.807, 2.05) is 52.9 Å². The Morgan fingerprint density at radius 2 is 1.92 bits per heavy atom. The van der Waals surface area contributed by atoms with E-state index >= 15 is 0 Å². The van der Waals surface area contributed by atoms with E-state index in [2.05, 4.69) is 15.0 Å². The zero-order valence-corrected chi connectivity index (χ0v) is 15.5. The van der Waals surface area contributed by atoms with Gasteiger partial charge in [0.2, 0.25) is 5.84 Å². The van der Waals surface area contributed by atoms with Gasteiger partial charge in [-0.15, -0.1) is 4.40 Å². The molecule has 0 unspecified atom stereocenters. The number of nitrogens with zero attached hydrogens (tertiary/aromatic N) is 1. The number of carbonyl (C=O) groups excluding carboxylic acids is 1. The third-order valence-electron chi connectivity index (χ3n) is 3.44. The molecule has 0 spiro atoms. The topological polar surface area (TPSA) is 87.6 Å². The monoisotopic (exact) mass is 455 g/mol. The first-order chi connectivity index (χ1) is 11.5. The maximum absolute atomic E-state index is 12.2. The molecular formula is C16H14IN3O3S. The molecule has 3 rings (SSSR count). The number of amidine groups is 1. The van der Waals surface area contributed by atoms with Crippen molar-refractivity contribution in [2.24, 2.45) is 4.40 Å². The Bertz CT molecular complexity index is 911. The summed E-state index contributed by atoms with van der Waals surface area (Å²) in [7, 11) is -3.88. The molecule has 2 N–H and O–H groups in total. The highest BCUT2D eigenvalue weighted by Crippen LogP contribution is 2.28. The lowest BCUT2D eigenvalue weighted by atomic mass is 10.1. The number of hydrogen-bond donors (Lipinski definition) is 2. The third-order valence-corrected chi connectivity index (χ3v) is 5.43. The quantitative estimate of drug-likeness (QED) is 0.692. The standard InChI is InChI=1S/C16H14IN3O3S/c17-12-6-7-13-14(10-12)24(22,23)20-15(19-13)16(21)18-9-8-11-4-2-1-3-5-11/h1-7,10H,8-9H2,(H,18,21)(H,19,20). The van der Waals surface area contributed by atoms with Crippen molar-refractivity contribution in [2.75, 3.05) is 11.9 Å². The number of anilines is 1. The van der Waals surface area contributed by atoms with Gasteiger partial charge in [-0.25, -0.2) is 0 Å². The van der Waals surface area contributed by atoms with Crippen molar-refractivity contribution < 1.29 is 13.2 Å². The molecule has 1 heterocycles. The highest BCUT2D eigenvalue weighted by Gasteiger charge is 2.28. The minimum absolute atomic E-state index is 0.0789. The fraction of sp³-hybridized carbons (Fsp3) is 0.125. The van der Waals surface area contributed by atoms with Gasteiger partial charge in [-0.2, -0.15) is 8.42 Å². The molecule has 1 aliphatic rings. The Morgan fingerprint density at radius 1 is 1.17 bits per heavy atom. The highest BCUT2D eigenvalue weighted by atomic mass is 127. The first-order valence-electron chi connectivity index (χ1n) is 7.19.